The number of anilines is 1. The van der Waals surface area contributed by atoms with Gasteiger partial charge in [-0.3, -0.25) is 4.90 Å². The van der Waals surface area contributed by atoms with Crippen molar-refractivity contribution >= 4 is 5.82 Å². The third-order valence-electron chi connectivity index (χ3n) is 4.38. The lowest BCUT2D eigenvalue weighted by Crippen LogP contribution is -2.44. The summed E-state index contributed by atoms with van der Waals surface area (Å²) in [5, 5.41) is 0. The van der Waals surface area contributed by atoms with Crippen molar-refractivity contribution in [1.82, 2.24) is 14.9 Å². The van der Waals surface area contributed by atoms with Gasteiger partial charge < -0.3 is 14.4 Å². The van der Waals surface area contributed by atoms with Crippen LogP contribution in [0.15, 0.2) is 12.4 Å². The van der Waals surface area contributed by atoms with E-state index in [0.717, 1.165) is 45.2 Å². The summed E-state index contributed by atoms with van der Waals surface area (Å²) in [5.41, 5.74) is 0. The predicted octanol–water partition coefficient (Wildman–Crippen LogP) is 1.42. The molecule has 0 aliphatic carbocycles. The lowest BCUT2D eigenvalue weighted by molar-refractivity contribution is 0.0296. The maximum absolute atomic E-state index is 5.49. The minimum Gasteiger partial charge on any atom is -0.478 e. The fourth-order valence-corrected chi connectivity index (χ4v) is 3.30. The molecule has 0 saturated carbocycles. The van der Waals surface area contributed by atoms with Gasteiger partial charge in [0, 0.05) is 38.8 Å². The van der Waals surface area contributed by atoms with Crippen molar-refractivity contribution in [2.24, 2.45) is 5.92 Å². The molecule has 2 aliphatic heterocycles. The van der Waals surface area contributed by atoms with Crippen molar-refractivity contribution in [1.29, 1.82) is 0 Å². The maximum atomic E-state index is 5.49. The summed E-state index contributed by atoms with van der Waals surface area (Å²) >= 11 is 0. The summed E-state index contributed by atoms with van der Waals surface area (Å²) in [6.45, 7) is 9.81. The van der Waals surface area contributed by atoms with Gasteiger partial charge in [-0.05, 0) is 25.7 Å². The van der Waals surface area contributed by atoms with Crippen LogP contribution in [-0.4, -0.2) is 67.4 Å². The van der Waals surface area contributed by atoms with Crippen LogP contribution in [0.5, 0.6) is 5.88 Å². The number of piperidine rings is 1. The highest BCUT2D eigenvalue weighted by molar-refractivity contribution is 5.41. The highest BCUT2D eigenvalue weighted by Gasteiger charge is 2.24. The van der Waals surface area contributed by atoms with Crippen molar-refractivity contribution in [2.45, 2.75) is 19.8 Å². The fourth-order valence-electron chi connectivity index (χ4n) is 3.30. The monoisotopic (exact) mass is 306 g/mol. The zero-order chi connectivity index (χ0) is 15.2. The number of hydrogen-bond acceptors (Lipinski definition) is 6. The summed E-state index contributed by atoms with van der Waals surface area (Å²) in [5.74, 6) is 2.37. The Hall–Kier alpha value is -1.40. The zero-order valence-corrected chi connectivity index (χ0v) is 13.4. The van der Waals surface area contributed by atoms with Crippen LogP contribution in [0, 0.1) is 5.92 Å². The number of rotatable bonds is 5. The molecular formula is C16H26N4O2. The van der Waals surface area contributed by atoms with E-state index in [-0.39, 0.29) is 0 Å². The average molecular weight is 306 g/mol. The van der Waals surface area contributed by atoms with Crippen molar-refractivity contribution < 1.29 is 9.47 Å². The second-order valence-electron chi connectivity index (χ2n) is 6.01. The van der Waals surface area contributed by atoms with E-state index in [4.69, 9.17) is 9.47 Å². The standard InChI is InChI=1S/C16H26N4O2/c1-2-22-16-10-15(17-13-18-16)20-5-3-4-14(12-20)11-19-6-8-21-9-7-19/h10,13-14H,2-9,11-12H2,1H3/t14-/m1/s1. The maximum Gasteiger partial charge on any atom is 0.218 e. The number of aromatic nitrogens is 2. The number of ether oxygens (including phenoxy) is 2. The Morgan fingerprint density at radius 1 is 1.27 bits per heavy atom. The molecule has 0 radical (unpaired) electrons. The van der Waals surface area contributed by atoms with Gasteiger partial charge in [-0.2, -0.15) is 0 Å². The molecule has 1 atom stereocenters. The Labute approximate surface area is 132 Å². The van der Waals surface area contributed by atoms with Gasteiger partial charge in [0.05, 0.1) is 19.8 Å². The molecule has 0 bridgehead atoms. The van der Waals surface area contributed by atoms with Gasteiger partial charge in [0.1, 0.15) is 12.1 Å². The van der Waals surface area contributed by atoms with E-state index in [1.807, 2.05) is 13.0 Å². The highest BCUT2D eigenvalue weighted by atomic mass is 16.5. The minimum absolute atomic E-state index is 0.635. The molecule has 3 heterocycles. The molecule has 2 fully saturated rings. The van der Waals surface area contributed by atoms with Crippen LogP contribution in [0.3, 0.4) is 0 Å². The summed E-state index contributed by atoms with van der Waals surface area (Å²) < 4.78 is 10.9. The zero-order valence-electron chi connectivity index (χ0n) is 13.4. The van der Waals surface area contributed by atoms with E-state index in [9.17, 15) is 0 Å². The van der Waals surface area contributed by atoms with Crippen LogP contribution < -0.4 is 9.64 Å². The second kappa shape index (κ2) is 7.74. The summed E-state index contributed by atoms with van der Waals surface area (Å²) in [4.78, 5) is 13.5. The molecule has 0 N–H and O–H groups in total. The van der Waals surface area contributed by atoms with E-state index in [0.29, 0.717) is 18.4 Å². The molecular weight excluding hydrogens is 280 g/mol. The smallest absolute Gasteiger partial charge is 0.218 e. The van der Waals surface area contributed by atoms with E-state index >= 15 is 0 Å². The van der Waals surface area contributed by atoms with Gasteiger partial charge in [0.25, 0.3) is 0 Å². The van der Waals surface area contributed by atoms with Crippen LogP contribution in [0.2, 0.25) is 0 Å². The topological polar surface area (TPSA) is 50.7 Å². The van der Waals surface area contributed by atoms with E-state index in [1.54, 1.807) is 6.33 Å². The third kappa shape index (κ3) is 4.08. The molecule has 122 valence electrons. The molecule has 6 heteroatoms. The van der Waals surface area contributed by atoms with E-state index in [2.05, 4.69) is 19.8 Å². The van der Waals surface area contributed by atoms with E-state index in [1.165, 1.54) is 19.4 Å². The van der Waals surface area contributed by atoms with E-state index < -0.39 is 0 Å². The van der Waals surface area contributed by atoms with Crippen molar-refractivity contribution in [2.75, 3.05) is 57.4 Å². The third-order valence-corrected chi connectivity index (χ3v) is 4.38. The van der Waals surface area contributed by atoms with Crippen LogP contribution in [-0.2, 0) is 4.74 Å². The van der Waals surface area contributed by atoms with Gasteiger partial charge in [0.2, 0.25) is 5.88 Å². The van der Waals surface area contributed by atoms with Gasteiger partial charge in [-0.25, -0.2) is 9.97 Å². The molecule has 6 nitrogen and oxygen atoms in total. The summed E-state index contributed by atoms with van der Waals surface area (Å²) in [6, 6.07) is 1.96. The molecule has 3 rings (SSSR count). The Bertz CT molecular complexity index is 465. The number of nitrogens with zero attached hydrogens (tertiary/aromatic N) is 4. The van der Waals surface area contributed by atoms with Gasteiger partial charge >= 0.3 is 0 Å². The molecule has 0 amide bonds. The first-order valence-corrected chi connectivity index (χ1v) is 8.35. The Kier molecular flexibility index (Phi) is 5.45. The lowest BCUT2D eigenvalue weighted by atomic mass is 9.97. The quantitative estimate of drug-likeness (QED) is 0.820. The largest absolute Gasteiger partial charge is 0.478 e. The number of hydrogen-bond donors (Lipinski definition) is 0. The first kappa shape index (κ1) is 15.5. The van der Waals surface area contributed by atoms with Crippen molar-refractivity contribution in [3.8, 4) is 5.88 Å². The van der Waals surface area contributed by atoms with Crippen molar-refractivity contribution in [3.05, 3.63) is 12.4 Å². The normalized spacial score (nSPS) is 23.5. The van der Waals surface area contributed by atoms with Crippen LogP contribution >= 0.6 is 0 Å². The van der Waals surface area contributed by atoms with Gasteiger partial charge in [-0.15, -0.1) is 0 Å². The fraction of sp³-hybridized carbons (Fsp3) is 0.750. The molecule has 1 aromatic rings. The van der Waals surface area contributed by atoms with Crippen LogP contribution in [0.25, 0.3) is 0 Å². The molecule has 1 aromatic heterocycles. The molecule has 0 unspecified atom stereocenters. The summed E-state index contributed by atoms with van der Waals surface area (Å²) in [6.07, 6.45) is 4.13. The molecule has 0 spiro atoms. The second-order valence-corrected chi connectivity index (χ2v) is 6.01. The Morgan fingerprint density at radius 2 is 2.14 bits per heavy atom. The minimum atomic E-state index is 0.635. The predicted molar refractivity (Wildman–Crippen MR) is 85.4 cm³/mol. The molecule has 22 heavy (non-hydrogen) atoms. The first-order valence-electron chi connectivity index (χ1n) is 8.35. The van der Waals surface area contributed by atoms with Crippen LogP contribution in [0.4, 0.5) is 5.82 Å². The van der Waals surface area contributed by atoms with Gasteiger partial charge in [0.15, 0.2) is 0 Å². The molecule has 0 aromatic carbocycles. The lowest BCUT2D eigenvalue weighted by Gasteiger charge is -2.37. The number of morpholine rings is 1. The molecule has 2 aliphatic rings. The van der Waals surface area contributed by atoms with Crippen molar-refractivity contribution in [3.63, 3.8) is 0 Å². The molecule has 2 saturated heterocycles. The average Bonchev–Trinajstić information content (AvgIpc) is 2.57. The SMILES string of the molecule is CCOc1cc(N2CCC[C@H](CN3CCOCC3)C2)ncn1. The Morgan fingerprint density at radius 3 is 2.95 bits per heavy atom. The highest BCUT2D eigenvalue weighted by Crippen LogP contribution is 2.24. The van der Waals surface area contributed by atoms with Gasteiger partial charge in [-0.1, -0.05) is 0 Å². The first-order chi connectivity index (χ1) is 10.8. The van der Waals surface area contributed by atoms with Crippen LogP contribution in [0.1, 0.15) is 19.8 Å². The Balaban J connectivity index is 1.58. The summed E-state index contributed by atoms with van der Waals surface area (Å²) in [7, 11) is 0.